The van der Waals surface area contributed by atoms with Crippen molar-refractivity contribution in [3.05, 3.63) is 76.3 Å². The van der Waals surface area contributed by atoms with E-state index in [9.17, 15) is 18.5 Å². The van der Waals surface area contributed by atoms with E-state index >= 15 is 0 Å². The minimum Gasteiger partial charge on any atom is -0.493 e. The topological polar surface area (TPSA) is 99.0 Å². The van der Waals surface area contributed by atoms with E-state index in [0.717, 1.165) is 27.1 Å². The van der Waals surface area contributed by atoms with Crippen LogP contribution in [0.5, 0.6) is 11.5 Å². The van der Waals surface area contributed by atoms with Gasteiger partial charge in [0.2, 0.25) is 0 Å². The van der Waals surface area contributed by atoms with Gasteiger partial charge in [-0.1, -0.05) is 24.3 Å². The number of methoxy groups -OCH3 is 2. The minimum atomic E-state index is -3.96. The Kier molecular flexibility index (Phi) is 4.86. The lowest BCUT2D eigenvalue weighted by molar-refractivity contribution is -0.384. The third-order valence-corrected chi connectivity index (χ3v) is 7.85. The molecule has 0 saturated heterocycles. The van der Waals surface area contributed by atoms with E-state index in [1.54, 1.807) is 14.2 Å². The van der Waals surface area contributed by atoms with Crippen molar-refractivity contribution in [2.24, 2.45) is 0 Å². The van der Waals surface area contributed by atoms with E-state index in [0.29, 0.717) is 23.6 Å². The van der Waals surface area contributed by atoms with Gasteiger partial charge in [0.25, 0.3) is 15.7 Å². The SMILES string of the molecule is COc1cc2c3c(cc4ccccc4c3c1OC)N(S(=O)(=O)c1ccc([N+](=O)[O-])cc1)CC2. The Balaban J connectivity index is 1.80. The van der Waals surface area contributed by atoms with E-state index in [4.69, 9.17) is 9.47 Å². The summed E-state index contributed by atoms with van der Waals surface area (Å²) in [6.07, 6.45) is 0.481. The molecule has 1 aliphatic heterocycles. The fourth-order valence-electron chi connectivity index (χ4n) is 4.52. The van der Waals surface area contributed by atoms with Gasteiger partial charge in [-0.3, -0.25) is 14.4 Å². The molecule has 1 heterocycles. The zero-order valence-electron chi connectivity index (χ0n) is 17.9. The smallest absolute Gasteiger partial charge is 0.269 e. The van der Waals surface area contributed by atoms with Crippen LogP contribution in [0.2, 0.25) is 0 Å². The van der Waals surface area contributed by atoms with Gasteiger partial charge in [0.05, 0.1) is 29.7 Å². The van der Waals surface area contributed by atoms with Crippen LogP contribution in [0.4, 0.5) is 11.4 Å². The lowest BCUT2D eigenvalue weighted by atomic mass is 9.92. The van der Waals surface area contributed by atoms with E-state index in [1.807, 2.05) is 36.4 Å². The van der Waals surface area contributed by atoms with Crippen molar-refractivity contribution in [3.8, 4) is 11.5 Å². The van der Waals surface area contributed by atoms with Crippen LogP contribution in [-0.2, 0) is 16.4 Å². The maximum atomic E-state index is 13.6. The average Bonchev–Trinajstić information content (AvgIpc) is 2.83. The Labute approximate surface area is 190 Å². The maximum absolute atomic E-state index is 13.6. The fraction of sp³-hybridized carbons (Fsp3) is 0.167. The molecule has 0 atom stereocenters. The summed E-state index contributed by atoms with van der Waals surface area (Å²) in [5, 5.41) is 14.4. The lowest BCUT2D eigenvalue weighted by Crippen LogP contribution is -2.35. The molecule has 5 rings (SSSR count). The standard InChI is InChI=1S/C24H20N2O6S/c1-31-21-14-16-11-12-25(33(29,30)18-9-7-17(8-10-18)26(27)28)20-13-15-5-3-4-6-19(15)23(22(16)20)24(21)32-2/h3-10,13-14H,11-12H2,1-2H3. The number of nitro groups is 1. The Bertz CT molecular complexity index is 1530. The van der Waals surface area contributed by atoms with Gasteiger partial charge in [-0.15, -0.1) is 0 Å². The molecular weight excluding hydrogens is 444 g/mol. The van der Waals surface area contributed by atoms with Crippen LogP contribution in [0.25, 0.3) is 21.5 Å². The fourth-order valence-corrected chi connectivity index (χ4v) is 5.99. The molecule has 0 N–H and O–H groups in total. The number of ether oxygens (including phenoxy) is 2. The molecule has 0 bridgehead atoms. The summed E-state index contributed by atoms with van der Waals surface area (Å²) < 4.78 is 39.9. The van der Waals surface area contributed by atoms with Crippen LogP contribution in [0.3, 0.4) is 0 Å². The molecule has 1 aliphatic rings. The molecule has 4 aromatic rings. The van der Waals surface area contributed by atoms with Gasteiger partial charge in [-0.05, 0) is 47.0 Å². The quantitative estimate of drug-likeness (QED) is 0.242. The first-order valence-electron chi connectivity index (χ1n) is 10.2. The number of non-ortho nitro benzene ring substituents is 1. The molecule has 0 saturated carbocycles. The number of fused-ring (bicyclic) bond motifs is 2. The molecule has 0 unspecified atom stereocenters. The number of anilines is 1. The number of sulfonamides is 1. The Hall–Kier alpha value is -3.85. The van der Waals surface area contributed by atoms with Crippen LogP contribution in [0.15, 0.2) is 65.6 Å². The first-order valence-corrected chi connectivity index (χ1v) is 11.7. The molecule has 0 aromatic heterocycles. The number of hydrogen-bond donors (Lipinski definition) is 0. The van der Waals surface area contributed by atoms with Crippen molar-refractivity contribution in [3.63, 3.8) is 0 Å². The minimum absolute atomic E-state index is 0.00154. The summed E-state index contributed by atoms with van der Waals surface area (Å²) in [7, 11) is -0.814. The number of rotatable bonds is 5. The van der Waals surface area contributed by atoms with Crippen LogP contribution in [0.1, 0.15) is 5.56 Å². The van der Waals surface area contributed by atoms with Crippen molar-refractivity contribution < 1.29 is 22.8 Å². The summed E-state index contributed by atoms with van der Waals surface area (Å²) in [6, 6.07) is 16.4. The number of nitro benzene ring substituents is 1. The average molecular weight is 464 g/mol. The van der Waals surface area contributed by atoms with Crippen molar-refractivity contribution in [2.75, 3.05) is 25.1 Å². The second kappa shape index (κ2) is 7.63. The summed E-state index contributed by atoms with van der Waals surface area (Å²) in [4.78, 5) is 10.4. The molecule has 0 radical (unpaired) electrons. The predicted molar refractivity (Wildman–Crippen MR) is 126 cm³/mol. The molecule has 168 valence electrons. The Morgan fingerprint density at radius 3 is 2.36 bits per heavy atom. The molecular formula is C24H20N2O6S. The van der Waals surface area contributed by atoms with Crippen LogP contribution >= 0.6 is 0 Å². The molecule has 4 aromatic carbocycles. The molecule has 0 fully saturated rings. The summed E-state index contributed by atoms with van der Waals surface area (Å²) in [5.74, 6) is 1.14. The van der Waals surface area contributed by atoms with Gasteiger partial charge in [0.1, 0.15) is 0 Å². The Morgan fingerprint density at radius 1 is 0.970 bits per heavy atom. The molecule has 8 nitrogen and oxygen atoms in total. The number of benzene rings is 4. The van der Waals surface area contributed by atoms with Crippen LogP contribution < -0.4 is 13.8 Å². The normalized spacial score (nSPS) is 13.3. The molecule has 0 spiro atoms. The molecule has 9 heteroatoms. The summed E-state index contributed by atoms with van der Waals surface area (Å²) in [6.45, 7) is 0.231. The lowest BCUT2D eigenvalue weighted by Gasteiger charge is -2.32. The van der Waals surface area contributed by atoms with Crippen LogP contribution in [-0.4, -0.2) is 34.1 Å². The summed E-state index contributed by atoms with van der Waals surface area (Å²) >= 11 is 0. The highest BCUT2D eigenvalue weighted by atomic mass is 32.2. The maximum Gasteiger partial charge on any atom is 0.269 e. The molecule has 0 amide bonds. The van der Waals surface area contributed by atoms with Gasteiger partial charge in [0.15, 0.2) is 11.5 Å². The van der Waals surface area contributed by atoms with Crippen molar-refractivity contribution in [1.29, 1.82) is 0 Å². The van der Waals surface area contributed by atoms with E-state index < -0.39 is 14.9 Å². The predicted octanol–water partition coefficient (Wildman–Crippen LogP) is 4.67. The van der Waals surface area contributed by atoms with Crippen molar-refractivity contribution in [1.82, 2.24) is 0 Å². The van der Waals surface area contributed by atoms with Gasteiger partial charge in [-0.2, -0.15) is 0 Å². The van der Waals surface area contributed by atoms with Gasteiger partial charge in [0, 0.05) is 29.4 Å². The van der Waals surface area contributed by atoms with Gasteiger partial charge >= 0.3 is 0 Å². The number of nitrogens with zero attached hydrogens (tertiary/aromatic N) is 2. The highest BCUT2D eigenvalue weighted by Crippen LogP contribution is 2.48. The van der Waals surface area contributed by atoms with Gasteiger partial charge < -0.3 is 9.47 Å². The largest absolute Gasteiger partial charge is 0.493 e. The van der Waals surface area contributed by atoms with Gasteiger partial charge in [-0.25, -0.2) is 8.42 Å². The summed E-state index contributed by atoms with van der Waals surface area (Å²) in [5.41, 5.74) is 1.35. The van der Waals surface area contributed by atoms with E-state index in [-0.39, 0.29) is 17.1 Å². The van der Waals surface area contributed by atoms with Crippen LogP contribution in [0, 0.1) is 10.1 Å². The Morgan fingerprint density at radius 2 is 1.70 bits per heavy atom. The first kappa shape index (κ1) is 21.0. The van der Waals surface area contributed by atoms with Crippen molar-refractivity contribution >= 4 is 42.9 Å². The third-order valence-electron chi connectivity index (χ3n) is 6.02. The molecule has 33 heavy (non-hydrogen) atoms. The monoisotopic (exact) mass is 464 g/mol. The zero-order valence-corrected chi connectivity index (χ0v) is 18.8. The third kappa shape index (κ3) is 3.15. The second-order valence-corrected chi connectivity index (χ2v) is 9.58. The molecule has 0 aliphatic carbocycles. The highest BCUT2D eigenvalue weighted by molar-refractivity contribution is 7.92. The highest BCUT2D eigenvalue weighted by Gasteiger charge is 2.32. The zero-order chi connectivity index (χ0) is 23.3. The second-order valence-electron chi connectivity index (χ2n) is 7.72. The van der Waals surface area contributed by atoms with E-state index in [1.165, 1.54) is 28.6 Å². The van der Waals surface area contributed by atoms with Crippen molar-refractivity contribution in [2.45, 2.75) is 11.3 Å². The first-order chi connectivity index (χ1) is 15.9. The van der Waals surface area contributed by atoms with E-state index in [2.05, 4.69) is 0 Å². The number of hydrogen-bond acceptors (Lipinski definition) is 6.